The van der Waals surface area contributed by atoms with Crippen molar-refractivity contribution in [2.75, 3.05) is 6.54 Å². The van der Waals surface area contributed by atoms with Gasteiger partial charge in [0, 0.05) is 6.54 Å². The summed E-state index contributed by atoms with van der Waals surface area (Å²) in [6.45, 7) is 5.93. The lowest BCUT2D eigenvalue weighted by atomic mass is 10.1. The molecular formula is C19H25FN2O3. The molecule has 2 aliphatic rings. The summed E-state index contributed by atoms with van der Waals surface area (Å²) in [4.78, 5) is 26.6. The summed E-state index contributed by atoms with van der Waals surface area (Å²) >= 11 is 0. The fraction of sp³-hybridized carbons (Fsp3) is 0.579. The molecule has 5 nitrogen and oxygen atoms in total. The van der Waals surface area contributed by atoms with E-state index >= 15 is 0 Å². The summed E-state index contributed by atoms with van der Waals surface area (Å²) in [7, 11) is 0. The molecule has 1 fully saturated rings. The van der Waals surface area contributed by atoms with Gasteiger partial charge in [-0.2, -0.15) is 0 Å². The molecule has 2 amide bonds. The van der Waals surface area contributed by atoms with Gasteiger partial charge in [-0.1, -0.05) is 12.1 Å². The van der Waals surface area contributed by atoms with Crippen molar-refractivity contribution in [2.24, 2.45) is 0 Å². The first-order valence-electron chi connectivity index (χ1n) is 8.83. The standard InChI is InChI=1S/C19H25FN2O3/c1-19(2,3)25-18(24)22-11-5-8-16(22)17(23)21-15-10-9-12-13(15)6-4-7-14(12)20/h4,6-7,15-16H,5,8-11H2,1-3H3,(H,21,23)/t15?,16-/m0/s1. The van der Waals surface area contributed by atoms with Gasteiger partial charge in [0.2, 0.25) is 5.91 Å². The molecule has 0 bridgehead atoms. The number of carbonyl (C=O) groups excluding carboxylic acids is 2. The summed E-state index contributed by atoms with van der Waals surface area (Å²) in [5.41, 5.74) is 0.932. The van der Waals surface area contributed by atoms with Crippen molar-refractivity contribution in [2.45, 2.75) is 64.1 Å². The number of likely N-dealkylation sites (tertiary alicyclic amines) is 1. The van der Waals surface area contributed by atoms with E-state index < -0.39 is 17.7 Å². The van der Waals surface area contributed by atoms with Crippen molar-refractivity contribution in [3.8, 4) is 0 Å². The number of hydrogen-bond donors (Lipinski definition) is 1. The predicted molar refractivity (Wildman–Crippen MR) is 91.6 cm³/mol. The van der Waals surface area contributed by atoms with Crippen molar-refractivity contribution >= 4 is 12.0 Å². The van der Waals surface area contributed by atoms with Gasteiger partial charge in [0.15, 0.2) is 0 Å². The van der Waals surface area contributed by atoms with Gasteiger partial charge < -0.3 is 10.1 Å². The van der Waals surface area contributed by atoms with E-state index in [1.165, 1.54) is 11.0 Å². The zero-order valence-corrected chi connectivity index (χ0v) is 15.0. The highest BCUT2D eigenvalue weighted by atomic mass is 19.1. The van der Waals surface area contributed by atoms with Gasteiger partial charge in [0.25, 0.3) is 0 Å². The molecule has 1 saturated heterocycles. The summed E-state index contributed by atoms with van der Waals surface area (Å²) < 4.78 is 19.2. The van der Waals surface area contributed by atoms with Gasteiger partial charge in [-0.15, -0.1) is 0 Å². The minimum Gasteiger partial charge on any atom is -0.444 e. The van der Waals surface area contributed by atoms with E-state index in [-0.39, 0.29) is 17.8 Å². The molecule has 0 radical (unpaired) electrons. The first-order valence-corrected chi connectivity index (χ1v) is 8.83. The topological polar surface area (TPSA) is 58.6 Å². The molecule has 1 N–H and O–H groups in total. The number of nitrogens with zero attached hydrogens (tertiary/aromatic N) is 1. The maximum absolute atomic E-state index is 13.8. The summed E-state index contributed by atoms with van der Waals surface area (Å²) in [5.74, 6) is -0.407. The van der Waals surface area contributed by atoms with Gasteiger partial charge in [-0.25, -0.2) is 9.18 Å². The van der Waals surface area contributed by atoms with Crippen molar-refractivity contribution < 1.29 is 18.7 Å². The van der Waals surface area contributed by atoms with E-state index in [0.29, 0.717) is 31.4 Å². The van der Waals surface area contributed by atoms with Crippen LogP contribution in [0.25, 0.3) is 0 Å². The highest BCUT2D eigenvalue weighted by Gasteiger charge is 2.38. The number of nitrogens with one attached hydrogen (secondary N) is 1. The molecule has 136 valence electrons. The molecule has 2 atom stereocenters. The average Bonchev–Trinajstić information content (AvgIpc) is 3.13. The van der Waals surface area contributed by atoms with Crippen LogP contribution in [0.2, 0.25) is 0 Å². The van der Waals surface area contributed by atoms with Crippen LogP contribution < -0.4 is 5.32 Å². The Morgan fingerprint density at radius 1 is 1.28 bits per heavy atom. The van der Waals surface area contributed by atoms with E-state index in [4.69, 9.17) is 4.74 Å². The molecule has 1 heterocycles. The van der Waals surface area contributed by atoms with E-state index in [0.717, 1.165) is 12.0 Å². The van der Waals surface area contributed by atoms with Crippen LogP contribution in [0.1, 0.15) is 57.2 Å². The van der Waals surface area contributed by atoms with Crippen LogP contribution in [0, 0.1) is 5.82 Å². The number of carbonyl (C=O) groups is 2. The molecule has 1 aromatic rings. The molecule has 3 rings (SSSR count). The third-order valence-electron chi connectivity index (χ3n) is 4.71. The van der Waals surface area contributed by atoms with Crippen LogP contribution >= 0.6 is 0 Å². The molecule has 1 aliphatic carbocycles. The largest absolute Gasteiger partial charge is 0.444 e. The molecular weight excluding hydrogens is 323 g/mol. The lowest BCUT2D eigenvalue weighted by molar-refractivity contribution is -0.126. The van der Waals surface area contributed by atoms with Gasteiger partial charge in [-0.05, 0) is 63.6 Å². The van der Waals surface area contributed by atoms with Crippen LogP contribution in [-0.4, -0.2) is 35.1 Å². The zero-order valence-electron chi connectivity index (χ0n) is 15.0. The number of benzene rings is 1. The SMILES string of the molecule is CC(C)(C)OC(=O)N1CCC[C@H]1C(=O)NC1CCc2c(F)cccc21. The number of hydrogen-bond acceptors (Lipinski definition) is 3. The Labute approximate surface area is 147 Å². The number of halogens is 1. The first kappa shape index (κ1) is 17.7. The van der Waals surface area contributed by atoms with Crippen LogP contribution in [-0.2, 0) is 16.0 Å². The molecule has 0 spiro atoms. The molecule has 1 aliphatic heterocycles. The Morgan fingerprint density at radius 2 is 2.04 bits per heavy atom. The fourth-order valence-electron chi connectivity index (χ4n) is 3.61. The summed E-state index contributed by atoms with van der Waals surface area (Å²) in [6.07, 6.45) is 2.23. The average molecular weight is 348 g/mol. The van der Waals surface area contributed by atoms with E-state index in [2.05, 4.69) is 5.32 Å². The highest BCUT2D eigenvalue weighted by Crippen LogP contribution is 2.33. The van der Waals surface area contributed by atoms with E-state index in [1.807, 2.05) is 6.07 Å². The summed E-state index contributed by atoms with van der Waals surface area (Å²) in [5, 5.41) is 3.00. The third-order valence-corrected chi connectivity index (χ3v) is 4.71. The lowest BCUT2D eigenvalue weighted by Gasteiger charge is -2.28. The number of amides is 2. The van der Waals surface area contributed by atoms with Crippen LogP contribution in [0.3, 0.4) is 0 Å². The van der Waals surface area contributed by atoms with Gasteiger partial charge in [0.1, 0.15) is 17.5 Å². The van der Waals surface area contributed by atoms with Crippen LogP contribution in [0.4, 0.5) is 9.18 Å². The fourth-order valence-corrected chi connectivity index (χ4v) is 3.61. The Hall–Kier alpha value is -2.11. The van der Waals surface area contributed by atoms with E-state index in [9.17, 15) is 14.0 Å². The van der Waals surface area contributed by atoms with Gasteiger partial charge >= 0.3 is 6.09 Å². The molecule has 0 saturated carbocycles. The first-order chi connectivity index (χ1) is 11.8. The maximum atomic E-state index is 13.8. The normalized spacial score (nSPS) is 22.6. The van der Waals surface area contributed by atoms with Gasteiger partial charge in [-0.3, -0.25) is 9.69 Å². The molecule has 1 unspecified atom stereocenters. The van der Waals surface area contributed by atoms with Crippen molar-refractivity contribution in [1.29, 1.82) is 0 Å². The van der Waals surface area contributed by atoms with E-state index in [1.54, 1.807) is 26.8 Å². The second-order valence-electron chi connectivity index (χ2n) is 7.74. The number of ether oxygens (including phenoxy) is 1. The van der Waals surface area contributed by atoms with Crippen LogP contribution in [0.15, 0.2) is 18.2 Å². The Balaban J connectivity index is 1.68. The highest BCUT2D eigenvalue weighted by molar-refractivity contribution is 5.86. The number of fused-ring (bicyclic) bond motifs is 1. The predicted octanol–water partition coefficient (Wildman–Crippen LogP) is 3.33. The molecule has 1 aromatic carbocycles. The van der Waals surface area contributed by atoms with Crippen LogP contribution in [0.5, 0.6) is 0 Å². The third kappa shape index (κ3) is 3.78. The molecule has 25 heavy (non-hydrogen) atoms. The molecule has 0 aromatic heterocycles. The van der Waals surface area contributed by atoms with Crippen molar-refractivity contribution in [3.05, 3.63) is 35.1 Å². The monoisotopic (exact) mass is 348 g/mol. The minimum absolute atomic E-state index is 0.189. The second kappa shape index (κ2) is 6.65. The summed E-state index contributed by atoms with van der Waals surface area (Å²) in [6, 6.07) is 4.26. The Kier molecular flexibility index (Phi) is 4.71. The number of rotatable bonds is 2. The molecule has 6 heteroatoms. The van der Waals surface area contributed by atoms with Gasteiger partial charge in [0.05, 0.1) is 6.04 Å². The smallest absolute Gasteiger partial charge is 0.410 e. The Bertz CT molecular complexity index is 684. The quantitative estimate of drug-likeness (QED) is 0.892. The van der Waals surface area contributed by atoms with Crippen molar-refractivity contribution in [3.63, 3.8) is 0 Å². The second-order valence-corrected chi connectivity index (χ2v) is 7.74. The Morgan fingerprint density at radius 3 is 2.76 bits per heavy atom. The minimum atomic E-state index is -0.595. The van der Waals surface area contributed by atoms with Crippen molar-refractivity contribution in [1.82, 2.24) is 10.2 Å². The zero-order chi connectivity index (χ0) is 18.2. The lowest BCUT2D eigenvalue weighted by Crippen LogP contribution is -2.48. The maximum Gasteiger partial charge on any atom is 0.410 e.